The molecule has 0 spiro atoms. The first-order valence-corrected chi connectivity index (χ1v) is 7.85. The van der Waals surface area contributed by atoms with Crippen LogP contribution in [-0.4, -0.2) is 19.3 Å². The Morgan fingerprint density at radius 2 is 1.72 bits per heavy atom. The molecule has 4 aliphatic carbocycles. The molecule has 0 aromatic carbocycles. The molecule has 1 atom stereocenters. The van der Waals surface area contributed by atoms with E-state index in [0.29, 0.717) is 6.04 Å². The average Bonchev–Trinajstić information content (AvgIpc) is 2.35. The summed E-state index contributed by atoms with van der Waals surface area (Å²) >= 11 is 0. The van der Waals surface area contributed by atoms with Crippen LogP contribution in [0.3, 0.4) is 0 Å². The summed E-state index contributed by atoms with van der Waals surface area (Å²) in [6.45, 7) is 3.83. The van der Waals surface area contributed by atoms with E-state index in [1.54, 1.807) is 0 Å². The van der Waals surface area contributed by atoms with Crippen molar-refractivity contribution in [3.8, 4) is 0 Å². The van der Waals surface area contributed by atoms with Crippen LogP contribution in [0.15, 0.2) is 0 Å². The van der Waals surface area contributed by atoms with E-state index in [1.165, 1.54) is 32.1 Å². The molecule has 3 nitrogen and oxygen atoms in total. The van der Waals surface area contributed by atoms with Crippen molar-refractivity contribution in [2.75, 3.05) is 13.2 Å². The summed E-state index contributed by atoms with van der Waals surface area (Å²) in [5, 5.41) is 0. The summed E-state index contributed by atoms with van der Waals surface area (Å²) < 4.78 is 5.75. The van der Waals surface area contributed by atoms with Crippen molar-refractivity contribution < 1.29 is 4.74 Å². The standard InChI is InChI=1S/C15H28N2O/c1-2-3-18-9-14(17-16)15-12-5-10-4-11(7-12)8-13(15)6-10/h10-15,17H,2-9,16H2,1H3. The van der Waals surface area contributed by atoms with Crippen LogP contribution in [0, 0.1) is 29.6 Å². The van der Waals surface area contributed by atoms with Crippen molar-refractivity contribution in [3.05, 3.63) is 0 Å². The molecule has 0 aliphatic heterocycles. The largest absolute Gasteiger partial charge is 0.380 e. The fraction of sp³-hybridized carbons (Fsp3) is 1.00. The monoisotopic (exact) mass is 252 g/mol. The number of hydrogen-bond acceptors (Lipinski definition) is 3. The molecule has 18 heavy (non-hydrogen) atoms. The molecule has 0 amide bonds. The Morgan fingerprint density at radius 1 is 1.11 bits per heavy atom. The fourth-order valence-corrected chi connectivity index (χ4v) is 5.25. The number of nitrogens with two attached hydrogens (primary N) is 1. The maximum atomic E-state index is 5.80. The summed E-state index contributed by atoms with van der Waals surface area (Å²) in [4.78, 5) is 0. The average molecular weight is 252 g/mol. The van der Waals surface area contributed by atoms with E-state index < -0.39 is 0 Å². The third kappa shape index (κ3) is 2.33. The minimum absolute atomic E-state index is 0.381. The molecule has 0 saturated heterocycles. The number of rotatable bonds is 6. The lowest BCUT2D eigenvalue weighted by atomic mass is 9.50. The molecule has 4 rings (SSSR count). The molecule has 4 saturated carbocycles. The highest BCUT2D eigenvalue weighted by molar-refractivity contribution is 5.01. The van der Waals surface area contributed by atoms with Crippen molar-refractivity contribution in [3.63, 3.8) is 0 Å². The molecule has 0 radical (unpaired) electrons. The summed E-state index contributed by atoms with van der Waals surface area (Å²) in [5.41, 5.74) is 3.06. The quantitative estimate of drug-likeness (QED) is 0.433. The second-order valence-corrected chi connectivity index (χ2v) is 6.86. The van der Waals surface area contributed by atoms with Crippen molar-refractivity contribution in [1.29, 1.82) is 0 Å². The molecule has 0 aromatic rings. The van der Waals surface area contributed by atoms with Crippen molar-refractivity contribution >= 4 is 0 Å². The van der Waals surface area contributed by atoms with Gasteiger partial charge in [0, 0.05) is 12.6 Å². The van der Waals surface area contributed by atoms with Crippen molar-refractivity contribution in [2.24, 2.45) is 35.4 Å². The number of ether oxygens (including phenoxy) is 1. The van der Waals surface area contributed by atoms with Crippen molar-refractivity contribution in [2.45, 2.75) is 51.5 Å². The van der Waals surface area contributed by atoms with E-state index in [2.05, 4.69) is 12.3 Å². The molecule has 3 heteroatoms. The van der Waals surface area contributed by atoms with Gasteiger partial charge in [-0.2, -0.15) is 0 Å². The Hall–Kier alpha value is -0.120. The third-order valence-electron chi connectivity index (χ3n) is 5.62. The maximum absolute atomic E-state index is 5.80. The predicted molar refractivity (Wildman–Crippen MR) is 72.8 cm³/mol. The number of nitrogens with one attached hydrogen (secondary N) is 1. The lowest BCUT2D eigenvalue weighted by Gasteiger charge is -2.56. The SMILES string of the molecule is CCCOCC(NN)C1C2CC3CC(C2)CC1C3. The second kappa shape index (κ2) is 5.48. The van der Waals surface area contributed by atoms with Crippen LogP contribution in [-0.2, 0) is 4.74 Å². The van der Waals surface area contributed by atoms with Gasteiger partial charge in [0.05, 0.1) is 6.61 Å². The van der Waals surface area contributed by atoms with Gasteiger partial charge in [0.2, 0.25) is 0 Å². The smallest absolute Gasteiger partial charge is 0.0636 e. The Balaban J connectivity index is 1.63. The van der Waals surface area contributed by atoms with E-state index in [1.807, 2.05) is 0 Å². The van der Waals surface area contributed by atoms with E-state index in [9.17, 15) is 0 Å². The molecule has 104 valence electrons. The summed E-state index contributed by atoms with van der Waals surface area (Å²) in [6, 6.07) is 0.381. The van der Waals surface area contributed by atoms with Crippen LogP contribution < -0.4 is 11.3 Å². The van der Waals surface area contributed by atoms with E-state index in [-0.39, 0.29) is 0 Å². The first-order chi connectivity index (χ1) is 8.81. The third-order valence-corrected chi connectivity index (χ3v) is 5.62. The first kappa shape index (κ1) is 12.9. The fourth-order valence-electron chi connectivity index (χ4n) is 5.25. The zero-order valence-electron chi connectivity index (χ0n) is 11.6. The summed E-state index contributed by atoms with van der Waals surface area (Å²) in [7, 11) is 0. The second-order valence-electron chi connectivity index (χ2n) is 6.86. The van der Waals surface area contributed by atoms with E-state index in [4.69, 9.17) is 10.6 Å². The molecule has 0 aromatic heterocycles. The van der Waals surface area contributed by atoms with Gasteiger partial charge in [-0.1, -0.05) is 6.92 Å². The van der Waals surface area contributed by atoms with Gasteiger partial charge in [-0.25, -0.2) is 0 Å². The van der Waals surface area contributed by atoms with Gasteiger partial charge in [0.25, 0.3) is 0 Å². The van der Waals surface area contributed by atoms with Gasteiger partial charge in [0.1, 0.15) is 0 Å². The molecule has 4 fully saturated rings. The highest BCUT2D eigenvalue weighted by Gasteiger charge is 2.50. The molecule has 4 bridgehead atoms. The molecule has 1 unspecified atom stereocenters. The van der Waals surface area contributed by atoms with Gasteiger partial charge in [-0.3, -0.25) is 11.3 Å². The van der Waals surface area contributed by atoms with Crippen LogP contribution in [0.25, 0.3) is 0 Å². The van der Waals surface area contributed by atoms with Gasteiger partial charge in [-0.05, 0) is 68.1 Å². The Labute approximate surface area is 111 Å². The summed E-state index contributed by atoms with van der Waals surface area (Å²) in [6.07, 6.45) is 8.46. The zero-order chi connectivity index (χ0) is 12.5. The van der Waals surface area contributed by atoms with Gasteiger partial charge >= 0.3 is 0 Å². The van der Waals surface area contributed by atoms with Gasteiger partial charge < -0.3 is 4.74 Å². The van der Waals surface area contributed by atoms with E-state index in [0.717, 1.165) is 49.2 Å². The van der Waals surface area contributed by atoms with Crippen LogP contribution >= 0.6 is 0 Å². The normalized spacial score (nSPS) is 43.3. The Bertz CT molecular complexity index is 254. The summed E-state index contributed by atoms with van der Waals surface area (Å²) in [5.74, 6) is 10.5. The van der Waals surface area contributed by atoms with Crippen LogP contribution in [0.2, 0.25) is 0 Å². The topological polar surface area (TPSA) is 47.3 Å². The van der Waals surface area contributed by atoms with Crippen molar-refractivity contribution in [1.82, 2.24) is 5.43 Å². The molecular formula is C15H28N2O. The van der Waals surface area contributed by atoms with Gasteiger partial charge in [0.15, 0.2) is 0 Å². The Morgan fingerprint density at radius 3 is 2.22 bits per heavy atom. The van der Waals surface area contributed by atoms with Gasteiger partial charge in [-0.15, -0.1) is 0 Å². The highest BCUT2D eigenvalue weighted by atomic mass is 16.5. The molecular weight excluding hydrogens is 224 g/mol. The van der Waals surface area contributed by atoms with Crippen LogP contribution in [0.1, 0.15) is 45.4 Å². The molecule has 3 N–H and O–H groups in total. The Kier molecular flexibility index (Phi) is 3.92. The maximum Gasteiger partial charge on any atom is 0.0636 e. The van der Waals surface area contributed by atoms with Crippen LogP contribution in [0.5, 0.6) is 0 Å². The molecule has 0 heterocycles. The van der Waals surface area contributed by atoms with Crippen LogP contribution in [0.4, 0.5) is 0 Å². The first-order valence-electron chi connectivity index (χ1n) is 7.85. The minimum Gasteiger partial charge on any atom is -0.380 e. The van der Waals surface area contributed by atoms with E-state index >= 15 is 0 Å². The lowest BCUT2D eigenvalue weighted by molar-refractivity contribution is -0.0648. The highest BCUT2D eigenvalue weighted by Crippen LogP contribution is 2.57. The number of hydrazine groups is 1. The lowest BCUT2D eigenvalue weighted by Crippen LogP contribution is -2.56. The molecule has 4 aliphatic rings. The zero-order valence-corrected chi connectivity index (χ0v) is 11.6. The minimum atomic E-state index is 0.381. The predicted octanol–water partition coefficient (Wildman–Crippen LogP) is 2.32. The number of hydrogen-bond donors (Lipinski definition) is 2.